The van der Waals surface area contributed by atoms with Crippen molar-refractivity contribution in [1.82, 2.24) is 0 Å². The van der Waals surface area contributed by atoms with Crippen LogP contribution in [0.5, 0.6) is 0 Å². The summed E-state index contributed by atoms with van der Waals surface area (Å²) in [7, 11) is 0. The van der Waals surface area contributed by atoms with Gasteiger partial charge in [-0.05, 0) is 29.8 Å². The van der Waals surface area contributed by atoms with Crippen LogP contribution in [0.3, 0.4) is 0 Å². The summed E-state index contributed by atoms with van der Waals surface area (Å²) in [6.45, 7) is 1.28. The average molecular weight is 366 g/mol. The molecule has 0 unspecified atom stereocenters. The number of hydrogen-bond donors (Lipinski definition) is 1. The number of para-hydroxylation sites is 1. The number of halogens is 4. The van der Waals surface area contributed by atoms with Crippen LogP contribution in [0, 0.1) is 5.82 Å². The van der Waals surface area contributed by atoms with Crippen LogP contribution in [0.4, 0.5) is 28.9 Å². The van der Waals surface area contributed by atoms with E-state index in [4.69, 9.17) is 0 Å². The number of carbonyl (C=O) groups excluding carboxylic acids is 2. The van der Waals surface area contributed by atoms with Crippen LogP contribution in [0.1, 0.15) is 18.1 Å². The molecule has 0 saturated heterocycles. The van der Waals surface area contributed by atoms with Crippen LogP contribution in [0.25, 0.3) is 0 Å². The maximum absolute atomic E-state index is 13.9. The Balaban J connectivity index is 1.88. The molecule has 1 N–H and O–H groups in total. The Labute approximate surface area is 146 Å². The van der Waals surface area contributed by atoms with Crippen molar-refractivity contribution in [3.05, 3.63) is 59.4 Å². The Kier molecular flexibility index (Phi) is 4.43. The predicted octanol–water partition coefficient (Wildman–Crippen LogP) is 3.76. The van der Waals surface area contributed by atoms with Crippen LogP contribution < -0.4 is 10.2 Å². The van der Waals surface area contributed by atoms with Gasteiger partial charge in [0.05, 0.1) is 11.3 Å². The molecule has 4 nitrogen and oxygen atoms in total. The first kappa shape index (κ1) is 17.9. The number of alkyl halides is 3. The van der Waals surface area contributed by atoms with E-state index < -0.39 is 35.2 Å². The number of hydrogen-bond acceptors (Lipinski definition) is 2. The molecule has 0 spiro atoms. The lowest BCUT2D eigenvalue weighted by Gasteiger charge is -2.23. The lowest BCUT2D eigenvalue weighted by molar-refractivity contribution is -0.137. The van der Waals surface area contributed by atoms with Gasteiger partial charge in [0, 0.05) is 19.0 Å². The molecule has 136 valence electrons. The second kappa shape index (κ2) is 6.44. The minimum absolute atomic E-state index is 0.197. The van der Waals surface area contributed by atoms with E-state index in [0.717, 1.165) is 5.56 Å². The molecule has 0 radical (unpaired) electrons. The predicted molar refractivity (Wildman–Crippen MR) is 87.1 cm³/mol. The van der Waals surface area contributed by atoms with Gasteiger partial charge < -0.3 is 5.32 Å². The number of benzene rings is 2. The minimum Gasteiger partial charge on any atom is -0.322 e. The smallest absolute Gasteiger partial charge is 0.322 e. The highest BCUT2D eigenvalue weighted by Gasteiger charge is 2.37. The number of amides is 2. The van der Waals surface area contributed by atoms with Crippen molar-refractivity contribution in [3.8, 4) is 0 Å². The van der Waals surface area contributed by atoms with Gasteiger partial charge in [-0.15, -0.1) is 0 Å². The molecule has 2 amide bonds. The zero-order valence-corrected chi connectivity index (χ0v) is 13.6. The fourth-order valence-corrected chi connectivity index (χ4v) is 3.00. The van der Waals surface area contributed by atoms with Crippen molar-refractivity contribution in [2.75, 3.05) is 10.2 Å². The molecule has 0 aromatic heterocycles. The fourth-order valence-electron chi connectivity index (χ4n) is 3.00. The molecule has 1 heterocycles. The summed E-state index contributed by atoms with van der Waals surface area (Å²) in [4.78, 5) is 25.8. The van der Waals surface area contributed by atoms with E-state index in [-0.39, 0.29) is 12.3 Å². The quantitative estimate of drug-likeness (QED) is 0.823. The molecule has 0 saturated carbocycles. The van der Waals surface area contributed by atoms with Crippen molar-refractivity contribution in [3.63, 3.8) is 0 Å². The second-order valence-corrected chi connectivity index (χ2v) is 5.92. The van der Waals surface area contributed by atoms with Crippen molar-refractivity contribution in [2.45, 2.75) is 25.6 Å². The van der Waals surface area contributed by atoms with Gasteiger partial charge in [0.1, 0.15) is 11.9 Å². The summed E-state index contributed by atoms with van der Waals surface area (Å²) in [6.07, 6.45) is -4.47. The molecule has 0 fully saturated rings. The number of carbonyl (C=O) groups is 2. The number of anilines is 2. The Morgan fingerprint density at radius 3 is 2.50 bits per heavy atom. The molecule has 0 aliphatic carbocycles. The number of nitrogens with one attached hydrogen (secondary N) is 1. The zero-order chi connectivity index (χ0) is 19.1. The third kappa shape index (κ3) is 3.26. The standard InChI is InChI=1S/C18H14F4N2O2/c1-10(25)24-15-5-3-2-4-11(15)8-16(24)17(26)23-14-9-12(18(20,21)22)6-7-13(14)19/h2-7,9,16H,8H2,1H3,(H,23,26)/t16-/m0/s1. The second-order valence-electron chi connectivity index (χ2n) is 5.92. The van der Waals surface area contributed by atoms with E-state index in [9.17, 15) is 27.2 Å². The monoisotopic (exact) mass is 366 g/mol. The van der Waals surface area contributed by atoms with Gasteiger partial charge in [0.2, 0.25) is 11.8 Å². The molecule has 0 bridgehead atoms. The summed E-state index contributed by atoms with van der Waals surface area (Å²) in [6, 6.07) is 7.71. The van der Waals surface area contributed by atoms with Crippen LogP contribution in [0.2, 0.25) is 0 Å². The van der Waals surface area contributed by atoms with Gasteiger partial charge in [-0.1, -0.05) is 18.2 Å². The molecule has 26 heavy (non-hydrogen) atoms. The highest BCUT2D eigenvalue weighted by Crippen LogP contribution is 2.34. The first-order chi connectivity index (χ1) is 12.2. The lowest BCUT2D eigenvalue weighted by Crippen LogP contribution is -2.44. The van der Waals surface area contributed by atoms with Gasteiger partial charge >= 0.3 is 6.18 Å². The summed E-state index contributed by atoms with van der Waals surface area (Å²) in [5, 5.41) is 2.18. The van der Waals surface area contributed by atoms with Crippen LogP contribution in [-0.2, 0) is 22.2 Å². The summed E-state index contributed by atoms with van der Waals surface area (Å²) < 4.78 is 52.3. The van der Waals surface area contributed by atoms with Gasteiger partial charge in [-0.2, -0.15) is 13.2 Å². The van der Waals surface area contributed by atoms with Gasteiger partial charge in [0.15, 0.2) is 0 Å². The maximum Gasteiger partial charge on any atom is 0.416 e. The molecular formula is C18H14F4N2O2. The summed E-state index contributed by atoms with van der Waals surface area (Å²) in [5.74, 6) is -2.13. The molecule has 8 heteroatoms. The minimum atomic E-state index is -4.66. The highest BCUT2D eigenvalue weighted by atomic mass is 19.4. The van der Waals surface area contributed by atoms with E-state index in [0.29, 0.717) is 23.9 Å². The van der Waals surface area contributed by atoms with E-state index in [2.05, 4.69) is 5.32 Å². The van der Waals surface area contributed by atoms with Crippen molar-refractivity contribution in [1.29, 1.82) is 0 Å². The van der Waals surface area contributed by atoms with Crippen molar-refractivity contribution < 1.29 is 27.2 Å². The number of fused-ring (bicyclic) bond motifs is 1. The topological polar surface area (TPSA) is 49.4 Å². The van der Waals surface area contributed by atoms with Crippen LogP contribution >= 0.6 is 0 Å². The third-order valence-corrected chi connectivity index (χ3v) is 4.17. The molecule has 1 aliphatic heterocycles. The molecule has 1 aliphatic rings. The first-order valence-electron chi connectivity index (χ1n) is 7.74. The Morgan fingerprint density at radius 1 is 1.15 bits per heavy atom. The average Bonchev–Trinajstić information content (AvgIpc) is 2.95. The van der Waals surface area contributed by atoms with E-state index in [1.54, 1.807) is 24.3 Å². The molecule has 1 atom stereocenters. The number of nitrogens with zero attached hydrogens (tertiary/aromatic N) is 1. The van der Waals surface area contributed by atoms with E-state index in [1.807, 2.05) is 0 Å². The fraction of sp³-hybridized carbons (Fsp3) is 0.222. The third-order valence-electron chi connectivity index (χ3n) is 4.17. The van der Waals surface area contributed by atoms with Crippen molar-refractivity contribution >= 4 is 23.2 Å². The van der Waals surface area contributed by atoms with Gasteiger partial charge in [0.25, 0.3) is 0 Å². The van der Waals surface area contributed by atoms with E-state index in [1.165, 1.54) is 11.8 Å². The van der Waals surface area contributed by atoms with Crippen LogP contribution in [0.15, 0.2) is 42.5 Å². The summed E-state index contributed by atoms with van der Waals surface area (Å²) in [5.41, 5.74) is -0.339. The Bertz CT molecular complexity index is 880. The van der Waals surface area contributed by atoms with Crippen LogP contribution in [-0.4, -0.2) is 17.9 Å². The molecule has 2 aromatic carbocycles. The first-order valence-corrected chi connectivity index (χ1v) is 7.74. The number of rotatable bonds is 2. The van der Waals surface area contributed by atoms with Crippen molar-refractivity contribution in [2.24, 2.45) is 0 Å². The summed E-state index contributed by atoms with van der Waals surface area (Å²) >= 11 is 0. The van der Waals surface area contributed by atoms with Gasteiger partial charge in [-0.25, -0.2) is 4.39 Å². The normalized spacial score (nSPS) is 16.3. The Morgan fingerprint density at radius 2 is 1.85 bits per heavy atom. The molecular weight excluding hydrogens is 352 g/mol. The largest absolute Gasteiger partial charge is 0.416 e. The Hall–Kier alpha value is -2.90. The molecule has 3 rings (SSSR count). The molecule has 2 aromatic rings. The lowest BCUT2D eigenvalue weighted by atomic mass is 10.1. The SMILES string of the molecule is CC(=O)N1c2ccccc2C[C@H]1C(=O)Nc1cc(C(F)(F)F)ccc1F. The highest BCUT2D eigenvalue weighted by molar-refractivity contribution is 6.06. The maximum atomic E-state index is 13.9. The van der Waals surface area contributed by atoms with Gasteiger partial charge in [-0.3, -0.25) is 14.5 Å². The zero-order valence-electron chi connectivity index (χ0n) is 13.6. The van der Waals surface area contributed by atoms with E-state index >= 15 is 0 Å².